The lowest BCUT2D eigenvalue weighted by Gasteiger charge is -2.43. The Bertz CT molecular complexity index is 1090. The van der Waals surface area contributed by atoms with Crippen molar-refractivity contribution in [1.29, 1.82) is 0 Å². The molecule has 2 aromatic rings. The SMILES string of the molecule is C[C@@H]1CC2COc3c(Sc4cnc(N5CCC6(CC[C@@H](C)[C@H]6N)CC5)c(CO)n4)ccnc3N2C1. The Balaban J connectivity index is 1.19. The third-order valence-electron chi connectivity index (χ3n) is 8.81. The Hall–Kier alpha value is -2.10. The molecule has 5 heterocycles. The van der Waals surface area contributed by atoms with Crippen LogP contribution in [0.15, 0.2) is 28.4 Å². The van der Waals surface area contributed by atoms with E-state index < -0.39 is 0 Å². The standard InChI is InChI=1S/C26H36N6O2S/c1-16-11-18-15-34-22-20(4-8-28-25(22)32(18)13-16)35-21-12-29-24(19(14-33)30-21)31-9-6-26(7-10-31)5-3-17(2)23(26)27/h4,8,12,16-18,23,33H,3,5-7,9-11,13-15,27H2,1-2H3/t16-,17-,18?,23-/m1/s1. The van der Waals surface area contributed by atoms with Gasteiger partial charge in [0.2, 0.25) is 0 Å². The lowest BCUT2D eigenvalue weighted by molar-refractivity contribution is 0.185. The fraction of sp³-hybridized carbons (Fsp3) is 0.654. The monoisotopic (exact) mass is 496 g/mol. The summed E-state index contributed by atoms with van der Waals surface area (Å²) in [5, 5.41) is 10.9. The van der Waals surface area contributed by atoms with E-state index >= 15 is 0 Å². The zero-order chi connectivity index (χ0) is 24.2. The van der Waals surface area contributed by atoms with Gasteiger partial charge in [0.25, 0.3) is 0 Å². The van der Waals surface area contributed by atoms with Crippen LogP contribution in [0.3, 0.4) is 0 Å². The molecule has 1 aliphatic carbocycles. The molecule has 2 saturated heterocycles. The van der Waals surface area contributed by atoms with E-state index in [-0.39, 0.29) is 12.0 Å². The summed E-state index contributed by atoms with van der Waals surface area (Å²) in [7, 11) is 0. The number of ether oxygens (including phenoxy) is 1. The Morgan fingerprint density at radius 1 is 1.20 bits per heavy atom. The van der Waals surface area contributed by atoms with Gasteiger partial charge >= 0.3 is 0 Å². The number of aliphatic hydroxyl groups excluding tert-OH is 1. The molecule has 1 spiro atoms. The number of pyridine rings is 1. The lowest BCUT2D eigenvalue weighted by atomic mass is 9.73. The maximum absolute atomic E-state index is 10.1. The Morgan fingerprint density at radius 2 is 2.03 bits per heavy atom. The number of aromatic nitrogens is 3. The van der Waals surface area contributed by atoms with Crippen molar-refractivity contribution in [3.05, 3.63) is 24.2 Å². The number of rotatable bonds is 4. The van der Waals surface area contributed by atoms with Gasteiger partial charge in [-0.05, 0) is 55.4 Å². The number of hydrogen-bond donors (Lipinski definition) is 2. The Morgan fingerprint density at radius 3 is 2.77 bits per heavy atom. The van der Waals surface area contributed by atoms with Gasteiger partial charge in [-0.25, -0.2) is 15.0 Å². The first-order valence-electron chi connectivity index (χ1n) is 13.0. The van der Waals surface area contributed by atoms with E-state index in [1.54, 1.807) is 0 Å². The second kappa shape index (κ2) is 9.09. The summed E-state index contributed by atoms with van der Waals surface area (Å²) in [4.78, 5) is 19.9. The van der Waals surface area contributed by atoms with Crippen LogP contribution in [0.5, 0.6) is 5.75 Å². The van der Waals surface area contributed by atoms with Crippen LogP contribution >= 0.6 is 11.8 Å². The van der Waals surface area contributed by atoms with Gasteiger partial charge in [-0.15, -0.1) is 0 Å². The Labute approximate surface area is 211 Å². The van der Waals surface area contributed by atoms with Gasteiger partial charge in [-0.1, -0.05) is 25.6 Å². The van der Waals surface area contributed by atoms with Gasteiger partial charge in [-0.2, -0.15) is 0 Å². The van der Waals surface area contributed by atoms with Gasteiger partial charge in [0.1, 0.15) is 17.3 Å². The molecule has 3 fully saturated rings. The van der Waals surface area contributed by atoms with Crippen LogP contribution in [-0.4, -0.2) is 58.4 Å². The molecule has 0 bridgehead atoms. The summed E-state index contributed by atoms with van der Waals surface area (Å²) in [6.07, 6.45) is 9.44. The highest BCUT2D eigenvalue weighted by atomic mass is 32.2. The summed E-state index contributed by atoms with van der Waals surface area (Å²) >= 11 is 1.53. The highest BCUT2D eigenvalue weighted by Crippen LogP contribution is 2.49. The van der Waals surface area contributed by atoms with Gasteiger partial charge in [-0.3, -0.25) is 0 Å². The molecule has 1 unspecified atom stereocenters. The van der Waals surface area contributed by atoms with Gasteiger partial charge < -0.3 is 25.4 Å². The van der Waals surface area contributed by atoms with Crippen LogP contribution in [0.1, 0.15) is 51.6 Å². The van der Waals surface area contributed by atoms with E-state index in [9.17, 15) is 5.11 Å². The maximum atomic E-state index is 10.1. The average Bonchev–Trinajstić information content (AvgIpc) is 3.39. The van der Waals surface area contributed by atoms with Gasteiger partial charge in [0.05, 0.1) is 23.7 Å². The first-order valence-corrected chi connectivity index (χ1v) is 13.8. The smallest absolute Gasteiger partial charge is 0.175 e. The summed E-state index contributed by atoms with van der Waals surface area (Å²) in [5.41, 5.74) is 7.50. The third kappa shape index (κ3) is 4.05. The number of aliphatic hydroxyl groups is 1. The van der Waals surface area contributed by atoms with E-state index in [0.717, 1.165) is 66.2 Å². The van der Waals surface area contributed by atoms with Crippen LogP contribution in [-0.2, 0) is 6.61 Å². The quantitative estimate of drug-likeness (QED) is 0.659. The topological polar surface area (TPSA) is 101 Å². The molecule has 0 radical (unpaired) electrons. The number of anilines is 2. The van der Waals surface area contributed by atoms with E-state index in [1.807, 2.05) is 18.5 Å². The molecule has 1 saturated carbocycles. The van der Waals surface area contributed by atoms with Gasteiger partial charge in [0.15, 0.2) is 17.4 Å². The van der Waals surface area contributed by atoms with Crippen molar-refractivity contribution in [3.8, 4) is 5.75 Å². The van der Waals surface area contributed by atoms with Gasteiger partial charge in [0, 0.05) is 31.9 Å². The fourth-order valence-electron chi connectivity index (χ4n) is 6.74. The predicted octanol–water partition coefficient (Wildman–Crippen LogP) is 3.47. The highest BCUT2D eigenvalue weighted by molar-refractivity contribution is 7.99. The molecule has 0 amide bonds. The largest absolute Gasteiger partial charge is 0.486 e. The van der Waals surface area contributed by atoms with E-state index in [1.165, 1.54) is 24.6 Å². The van der Waals surface area contributed by atoms with Crippen LogP contribution in [0.25, 0.3) is 0 Å². The molecule has 6 rings (SSSR count). The van der Waals surface area contributed by atoms with Crippen LogP contribution < -0.4 is 20.3 Å². The molecule has 188 valence electrons. The normalized spacial score (nSPS) is 29.3. The third-order valence-corrected chi connectivity index (χ3v) is 9.75. The minimum absolute atomic E-state index is 0.132. The number of hydrogen-bond acceptors (Lipinski definition) is 9. The van der Waals surface area contributed by atoms with E-state index in [0.29, 0.717) is 36.2 Å². The number of piperidine rings is 1. The zero-order valence-corrected chi connectivity index (χ0v) is 21.5. The van der Waals surface area contributed by atoms with Crippen LogP contribution in [0.4, 0.5) is 11.6 Å². The predicted molar refractivity (Wildman–Crippen MR) is 137 cm³/mol. The van der Waals surface area contributed by atoms with Crippen molar-refractivity contribution in [2.45, 2.75) is 74.6 Å². The summed E-state index contributed by atoms with van der Waals surface area (Å²) in [6, 6.07) is 2.68. The number of fused-ring (bicyclic) bond motifs is 3. The molecule has 3 N–H and O–H groups in total. The Kier molecular flexibility index (Phi) is 6.05. The molecule has 4 aliphatic rings. The van der Waals surface area contributed by atoms with Crippen molar-refractivity contribution in [2.24, 2.45) is 23.0 Å². The number of nitrogens with zero attached hydrogens (tertiary/aromatic N) is 5. The number of nitrogens with two attached hydrogens (primary N) is 1. The lowest BCUT2D eigenvalue weighted by Crippen LogP contribution is -2.48. The van der Waals surface area contributed by atoms with Crippen molar-refractivity contribution in [3.63, 3.8) is 0 Å². The minimum Gasteiger partial charge on any atom is -0.486 e. The summed E-state index contributed by atoms with van der Waals surface area (Å²) in [5.74, 6) is 3.82. The fourth-order valence-corrected chi connectivity index (χ4v) is 7.59. The molecule has 4 atom stereocenters. The molecule has 0 aromatic carbocycles. The van der Waals surface area contributed by atoms with E-state index in [4.69, 9.17) is 20.4 Å². The molecule has 8 nitrogen and oxygen atoms in total. The van der Waals surface area contributed by atoms with Crippen molar-refractivity contribution >= 4 is 23.4 Å². The molecule has 2 aromatic heterocycles. The second-order valence-corrected chi connectivity index (χ2v) is 12.1. The highest BCUT2D eigenvalue weighted by Gasteiger charge is 2.46. The molecular weight excluding hydrogens is 460 g/mol. The molecular formula is C26H36N6O2S. The first-order chi connectivity index (χ1) is 17.0. The minimum atomic E-state index is -0.132. The zero-order valence-electron chi connectivity index (χ0n) is 20.7. The summed E-state index contributed by atoms with van der Waals surface area (Å²) < 4.78 is 6.19. The molecule has 9 heteroatoms. The first kappa shape index (κ1) is 23.3. The van der Waals surface area contributed by atoms with E-state index in [2.05, 4.69) is 28.6 Å². The van der Waals surface area contributed by atoms with Crippen LogP contribution in [0.2, 0.25) is 0 Å². The summed E-state index contributed by atoms with van der Waals surface area (Å²) in [6.45, 7) is 7.98. The second-order valence-electron chi connectivity index (χ2n) is 11.0. The van der Waals surface area contributed by atoms with Crippen molar-refractivity contribution < 1.29 is 9.84 Å². The molecule has 35 heavy (non-hydrogen) atoms. The van der Waals surface area contributed by atoms with Crippen molar-refractivity contribution in [2.75, 3.05) is 36.0 Å². The van der Waals surface area contributed by atoms with Crippen molar-refractivity contribution in [1.82, 2.24) is 15.0 Å². The molecule has 3 aliphatic heterocycles. The van der Waals surface area contributed by atoms with Crippen LogP contribution in [0, 0.1) is 17.3 Å². The average molecular weight is 497 g/mol. The maximum Gasteiger partial charge on any atom is 0.175 e.